The fraction of sp³-hybridized carbons (Fsp3) is 0.875. The molecule has 0 aliphatic heterocycles. The lowest BCUT2D eigenvalue weighted by atomic mass is 9.95. The summed E-state index contributed by atoms with van der Waals surface area (Å²) in [4.78, 5) is 0. The summed E-state index contributed by atoms with van der Waals surface area (Å²) in [5.41, 5.74) is -0.428. The molecule has 0 bridgehead atoms. The van der Waals surface area contributed by atoms with Gasteiger partial charge in [-0.2, -0.15) is 5.26 Å². The minimum absolute atomic E-state index is 0.0867. The number of nitrogens with one attached hydrogen (secondary N) is 1. The van der Waals surface area contributed by atoms with Gasteiger partial charge in [0.05, 0.1) is 12.7 Å². The van der Waals surface area contributed by atoms with E-state index in [9.17, 15) is 0 Å². The van der Waals surface area contributed by atoms with Gasteiger partial charge in [0.15, 0.2) is 0 Å². The monoisotopic (exact) mass is 156 g/mol. The zero-order chi connectivity index (χ0) is 8.74. The Morgan fingerprint density at radius 1 is 1.45 bits per heavy atom. The van der Waals surface area contributed by atoms with E-state index in [-0.39, 0.29) is 6.61 Å². The smallest absolute Gasteiger partial charge is 0.106 e. The molecule has 3 heteroatoms. The minimum atomic E-state index is -0.428. The van der Waals surface area contributed by atoms with Crippen molar-refractivity contribution in [2.24, 2.45) is 0 Å². The van der Waals surface area contributed by atoms with Gasteiger partial charge >= 0.3 is 0 Å². The molecule has 0 unspecified atom stereocenters. The molecule has 0 heterocycles. The van der Waals surface area contributed by atoms with Crippen LogP contribution < -0.4 is 5.32 Å². The van der Waals surface area contributed by atoms with Crippen LogP contribution in [0.2, 0.25) is 0 Å². The molecule has 0 radical (unpaired) electrons. The number of β-amino-alcohol motifs (C(OH)–C–C–N with tert-alkyl or cyclic N) is 1. The quantitative estimate of drug-likeness (QED) is 0.614. The van der Waals surface area contributed by atoms with Crippen LogP contribution in [0.4, 0.5) is 0 Å². The predicted molar refractivity (Wildman–Crippen MR) is 44.0 cm³/mol. The summed E-state index contributed by atoms with van der Waals surface area (Å²) in [6.45, 7) is 4.52. The molecule has 0 rings (SSSR count). The molecule has 0 spiro atoms. The van der Waals surface area contributed by atoms with Crippen molar-refractivity contribution >= 4 is 0 Å². The van der Waals surface area contributed by atoms with Crippen molar-refractivity contribution in [3.05, 3.63) is 0 Å². The van der Waals surface area contributed by atoms with Crippen LogP contribution in [0.15, 0.2) is 0 Å². The Labute approximate surface area is 68.0 Å². The first-order chi connectivity index (χ1) is 5.24. The molecular formula is C8H16N2O. The molecule has 0 aromatic carbocycles. The summed E-state index contributed by atoms with van der Waals surface area (Å²) in [6, 6.07) is 2.23. The van der Waals surface area contributed by atoms with Crippen molar-refractivity contribution < 1.29 is 5.11 Å². The fourth-order valence-corrected chi connectivity index (χ4v) is 0.993. The second-order valence-electron chi connectivity index (χ2n) is 2.55. The Balaban J connectivity index is 3.97. The Morgan fingerprint density at radius 3 is 2.27 bits per heavy atom. The van der Waals surface area contributed by atoms with Gasteiger partial charge in [-0.15, -0.1) is 0 Å². The van der Waals surface area contributed by atoms with Crippen molar-refractivity contribution in [1.82, 2.24) is 5.32 Å². The van der Waals surface area contributed by atoms with Crippen molar-refractivity contribution in [2.45, 2.75) is 32.2 Å². The van der Waals surface area contributed by atoms with Crippen LogP contribution in [0.5, 0.6) is 0 Å². The molecule has 0 atom stereocenters. The average Bonchev–Trinajstić information content (AvgIpc) is 2.08. The maximum absolute atomic E-state index is 8.81. The molecule has 0 saturated heterocycles. The molecule has 0 fully saturated rings. The zero-order valence-corrected chi connectivity index (χ0v) is 7.22. The lowest BCUT2D eigenvalue weighted by Gasteiger charge is -2.24. The van der Waals surface area contributed by atoms with Crippen LogP contribution in [0.3, 0.4) is 0 Å². The summed E-state index contributed by atoms with van der Waals surface area (Å²) in [5, 5.41) is 20.4. The van der Waals surface area contributed by atoms with E-state index >= 15 is 0 Å². The molecule has 0 aliphatic carbocycles. The van der Waals surface area contributed by atoms with Crippen LogP contribution in [-0.4, -0.2) is 23.8 Å². The van der Waals surface area contributed by atoms with Crippen molar-refractivity contribution in [3.63, 3.8) is 0 Å². The number of rotatable bonds is 5. The zero-order valence-electron chi connectivity index (χ0n) is 7.22. The molecule has 3 nitrogen and oxygen atoms in total. The number of aliphatic hydroxyl groups excluding tert-OH is 1. The van der Waals surface area contributed by atoms with Crippen LogP contribution in [-0.2, 0) is 0 Å². The first kappa shape index (κ1) is 10.4. The summed E-state index contributed by atoms with van der Waals surface area (Å²) in [6.07, 6.45) is 1.56. The number of hydrogen-bond acceptors (Lipinski definition) is 3. The summed E-state index contributed by atoms with van der Waals surface area (Å²) in [5.74, 6) is 0. The average molecular weight is 156 g/mol. The number of aliphatic hydroxyl groups is 1. The highest BCUT2D eigenvalue weighted by Gasteiger charge is 2.23. The summed E-state index contributed by atoms with van der Waals surface area (Å²) < 4.78 is 0. The summed E-state index contributed by atoms with van der Waals surface area (Å²) >= 11 is 0. The Kier molecular flexibility index (Phi) is 4.84. The largest absolute Gasteiger partial charge is 0.395 e. The third-order valence-electron chi connectivity index (χ3n) is 2.00. The van der Waals surface area contributed by atoms with Crippen LogP contribution in [0.25, 0.3) is 0 Å². The number of nitriles is 1. The van der Waals surface area contributed by atoms with Crippen LogP contribution in [0, 0.1) is 11.3 Å². The van der Waals surface area contributed by atoms with Gasteiger partial charge in [-0.25, -0.2) is 0 Å². The third kappa shape index (κ3) is 2.87. The lowest BCUT2D eigenvalue weighted by molar-refractivity contribution is 0.267. The van der Waals surface area contributed by atoms with E-state index in [2.05, 4.69) is 11.4 Å². The predicted octanol–water partition coefficient (Wildman–Crippen LogP) is 0.651. The van der Waals surface area contributed by atoms with Crippen LogP contribution >= 0.6 is 0 Å². The summed E-state index contributed by atoms with van der Waals surface area (Å²) in [7, 11) is 0. The topological polar surface area (TPSA) is 56.0 Å². The molecule has 0 amide bonds. The van der Waals surface area contributed by atoms with Gasteiger partial charge in [0.2, 0.25) is 0 Å². The molecule has 0 aromatic heterocycles. The minimum Gasteiger partial charge on any atom is -0.395 e. The SMILES string of the molecule is CCC(C#N)(CC)NCCO. The van der Waals surface area contributed by atoms with E-state index in [0.717, 1.165) is 12.8 Å². The number of nitrogens with zero attached hydrogens (tertiary/aromatic N) is 1. The number of hydrogen-bond donors (Lipinski definition) is 2. The molecule has 11 heavy (non-hydrogen) atoms. The molecular weight excluding hydrogens is 140 g/mol. The van der Waals surface area contributed by atoms with Gasteiger partial charge in [-0.3, -0.25) is 5.32 Å². The highest BCUT2D eigenvalue weighted by atomic mass is 16.3. The maximum atomic E-state index is 8.81. The standard InChI is InChI=1S/C8H16N2O/c1-3-8(4-2,7-9)10-5-6-11/h10-11H,3-6H2,1-2H3. The second kappa shape index (κ2) is 5.11. The van der Waals surface area contributed by atoms with Crippen molar-refractivity contribution in [2.75, 3.05) is 13.2 Å². The lowest BCUT2D eigenvalue weighted by Crippen LogP contribution is -2.44. The molecule has 0 aliphatic rings. The highest BCUT2D eigenvalue weighted by Crippen LogP contribution is 2.12. The van der Waals surface area contributed by atoms with Crippen molar-refractivity contribution in [3.8, 4) is 6.07 Å². The highest BCUT2D eigenvalue weighted by molar-refractivity contribution is 5.05. The third-order valence-corrected chi connectivity index (χ3v) is 2.00. The Hall–Kier alpha value is -0.590. The van der Waals surface area contributed by atoms with Crippen molar-refractivity contribution in [1.29, 1.82) is 5.26 Å². The first-order valence-electron chi connectivity index (χ1n) is 4.01. The maximum Gasteiger partial charge on any atom is 0.106 e. The molecule has 64 valence electrons. The van der Waals surface area contributed by atoms with E-state index in [1.54, 1.807) is 0 Å². The van der Waals surface area contributed by atoms with Gasteiger partial charge in [-0.05, 0) is 12.8 Å². The van der Waals surface area contributed by atoms with Crippen LogP contribution in [0.1, 0.15) is 26.7 Å². The van der Waals surface area contributed by atoms with Gasteiger partial charge < -0.3 is 5.11 Å². The molecule has 0 aromatic rings. The van der Waals surface area contributed by atoms with E-state index in [0.29, 0.717) is 6.54 Å². The van der Waals surface area contributed by atoms with Gasteiger partial charge in [0, 0.05) is 6.54 Å². The van der Waals surface area contributed by atoms with Gasteiger partial charge in [0.1, 0.15) is 5.54 Å². The van der Waals surface area contributed by atoms with E-state index in [4.69, 9.17) is 10.4 Å². The Bertz CT molecular complexity index is 136. The van der Waals surface area contributed by atoms with Gasteiger partial charge in [-0.1, -0.05) is 13.8 Å². The molecule has 0 saturated carbocycles. The molecule has 2 N–H and O–H groups in total. The van der Waals surface area contributed by atoms with E-state index in [1.807, 2.05) is 13.8 Å². The van der Waals surface area contributed by atoms with E-state index in [1.165, 1.54) is 0 Å². The van der Waals surface area contributed by atoms with E-state index < -0.39 is 5.54 Å². The Morgan fingerprint density at radius 2 is 2.00 bits per heavy atom. The second-order valence-corrected chi connectivity index (χ2v) is 2.55. The first-order valence-corrected chi connectivity index (χ1v) is 4.01. The van der Waals surface area contributed by atoms with Gasteiger partial charge in [0.25, 0.3) is 0 Å². The fourth-order valence-electron chi connectivity index (χ4n) is 0.993. The normalized spacial score (nSPS) is 11.1.